The first kappa shape index (κ1) is 9.65. The van der Waals surface area contributed by atoms with Gasteiger partial charge < -0.3 is 14.9 Å². The SMILES string of the molecule is OCC(C1CO1)C(O)c1ccccc1. The maximum Gasteiger partial charge on any atom is 0.0888 e. The van der Waals surface area contributed by atoms with Gasteiger partial charge in [0, 0.05) is 5.92 Å². The maximum atomic E-state index is 9.95. The Labute approximate surface area is 83.0 Å². The Kier molecular flexibility index (Phi) is 2.82. The molecule has 2 rings (SSSR count). The zero-order valence-electron chi connectivity index (χ0n) is 7.84. The molecule has 1 aromatic rings. The van der Waals surface area contributed by atoms with Crippen LogP contribution in [-0.2, 0) is 4.74 Å². The van der Waals surface area contributed by atoms with Crippen LogP contribution in [0.3, 0.4) is 0 Å². The average Bonchev–Trinajstić information content (AvgIpc) is 3.04. The van der Waals surface area contributed by atoms with Crippen molar-refractivity contribution < 1.29 is 14.9 Å². The number of benzene rings is 1. The number of aliphatic hydroxyl groups excluding tert-OH is 2. The van der Waals surface area contributed by atoms with Crippen molar-refractivity contribution in [2.45, 2.75) is 12.2 Å². The van der Waals surface area contributed by atoms with E-state index in [0.29, 0.717) is 6.61 Å². The number of aliphatic hydroxyl groups is 2. The van der Waals surface area contributed by atoms with Crippen LogP contribution in [0.25, 0.3) is 0 Å². The fraction of sp³-hybridized carbons (Fsp3) is 0.455. The molecule has 0 saturated carbocycles. The minimum atomic E-state index is -0.631. The van der Waals surface area contributed by atoms with Crippen LogP contribution in [-0.4, -0.2) is 29.5 Å². The number of hydrogen-bond acceptors (Lipinski definition) is 3. The van der Waals surface area contributed by atoms with Crippen molar-refractivity contribution in [1.29, 1.82) is 0 Å². The second kappa shape index (κ2) is 4.09. The summed E-state index contributed by atoms with van der Waals surface area (Å²) in [5, 5.41) is 19.1. The maximum absolute atomic E-state index is 9.95. The van der Waals surface area contributed by atoms with E-state index in [1.54, 1.807) is 0 Å². The molecule has 1 fully saturated rings. The van der Waals surface area contributed by atoms with Crippen molar-refractivity contribution in [3.63, 3.8) is 0 Å². The van der Waals surface area contributed by atoms with Gasteiger partial charge in [0.15, 0.2) is 0 Å². The Balaban J connectivity index is 2.09. The van der Waals surface area contributed by atoms with Crippen LogP contribution in [0, 0.1) is 5.92 Å². The Morgan fingerprint density at radius 3 is 2.50 bits per heavy atom. The molecule has 0 aliphatic carbocycles. The zero-order valence-corrected chi connectivity index (χ0v) is 7.84. The van der Waals surface area contributed by atoms with E-state index in [-0.39, 0.29) is 18.6 Å². The highest BCUT2D eigenvalue weighted by Crippen LogP contribution is 2.31. The molecule has 1 saturated heterocycles. The minimum absolute atomic E-state index is 0.0233. The Bertz CT molecular complexity index is 282. The number of hydrogen-bond donors (Lipinski definition) is 2. The molecule has 3 atom stereocenters. The standard InChI is InChI=1S/C11H14O3/c12-6-9(10-7-14-10)11(13)8-4-2-1-3-5-8/h1-5,9-13H,6-7H2. The number of epoxide rings is 1. The molecular formula is C11H14O3. The lowest BCUT2D eigenvalue weighted by molar-refractivity contribution is 0.0497. The summed E-state index contributed by atoms with van der Waals surface area (Å²) in [6, 6.07) is 9.37. The summed E-state index contributed by atoms with van der Waals surface area (Å²) in [4.78, 5) is 0. The molecule has 3 unspecified atom stereocenters. The lowest BCUT2D eigenvalue weighted by Gasteiger charge is -2.19. The zero-order chi connectivity index (χ0) is 9.97. The normalized spacial score (nSPS) is 24.3. The van der Waals surface area contributed by atoms with Crippen molar-refractivity contribution in [1.82, 2.24) is 0 Å². The minimum Gasteiger partial charge on any atom is -0.396 e. The van der Waals surface area contributed by atoms with Crippen molar-refractivity contribution >= 4 is 0 Å². The molecule has 0 radical (unpaired) electrons. The highest BCUT2D eigenvalue weighted by atomic mass is 16.6. The van der Waals surface area contributed by atoms with E-state index >= 15 is 0 Å². The van der Waals surface area contributed by atoms with E-state index in [0.717, 1.165) is 5.56 Å². The van der Waals surface area contributed by atoms with Crippen LogP contribution < -0.4 is 0 Å². The van der Waals surface area contributed by atoms with Crippen molar-refractivity contribution in [3.8, 4) is 0 Å². The molecule has 1 aliphatic rings. The molecule has 0 aromatic heterocycles. The van der Waals surface area contributed by atoms with Crippen LogP contribution in [0.4, 0.5) is 0 Å². The van der Waals surface area contributed by atoms with Gasteiger partial charge in [-0.2, -0.15) is 0 Å². The fourth-order valence-electron chi connectivity index (χ4n) is 1.62. The highest BCUT2D eigenvalue weighted by molar-refractivity contribution is 5.18. The summed E-state index contributed by atoms with van der Waals surface area (Å²) in [6.45, 7) is 0.607. The van der Waals surface area contributed by atoms with Gasteiger partial charge >= 0.3 is 0 Å². The predicted octanol–water partition coefficient (Wildman–Crippen LogP) is 0.727. The van der Waals surface area contributed by atoms with E-state index in [1.165, 1.54) is 0 Å². The van der Waals surface area contributed by atoms with Crippen molar-refractivity contribution in [2.24, 2.45) is 5.92 Å². The van der Waals surface area contributed by atoms with E-state index < -0.39 is 6.10 Å². The molecule has 0 amide bonds. The topological polar surface area (TPSA) is 53.0 Å². The molecule has 1 heterocycles. The third kappa shape index (κ3) is 1.95. The predicted molar refractivity (Wildman–Crippen MR) is 51.7 cm³/mol. The van der Waals surface area contributed by atoms with Gasteiger partial charge in [-0.3, -0.25) is 0 Å². The molecule has 76 valence electrons. The van der Waals surface area contributed by atoms with Gasteiger partial charge in [0.1, 0.15) is 0 Å². The highest BCUT2D eigenvalue weighted by Gasteiger charge is 2.37. The molecule has 3 heteroatoms. The molecule has 14 heavy (non-hydrogen) atoms. The largest absolute Gasteiger partial charge is 0.396 e. The smallest absolute Gasteiger partial charge is 0.0888 e. The summed E-state index contributed by atoms with van der Waals surface area (Å²) < 4.78 is 5.08. The lowest BCUT2D eigenvalue weighted by Crippen LogP contribution is -2.22. The van der Waals surface area contributed by atoms with E-state index in [9.17, 15) is 5.11 Å². The van der Waals surface area contributed by atoms with Gasteiger partial charge in [-0.1, -0.05) is 30.3 Å². The van der Waals surface area contributed by atoms with E-state index in [1.807, 2.05) is 30.3 Å². The van der Waals surface area contributed by atoms with Gasteiger partial charge in [-0.05, 0) is 5.56 Å². The Morgan fingerprint density at radius 1 is 1.36 bits per heavy atom. The molecular weight excluding hydrogens is 180 g/mol. The lowest BCUT2D eigenvalue weighted by atomic mass is 9.94. The summed E-state index contributed by atoms with van der Waals surface area (Å²) in [7, 11) is 0. The summed E-state index contributed by atoms with van der Waals surface area (Å²) in [5.74, 6) is -0.197. The summed E-state index contributed by atoms with van der Waals surface area (Å²) in [5.41, 5.74) is 0.835. The first-order valence-electron chi connectivity index (χ1n) is 4.78. The first-order chi connectivity index (χ1) is 6.83. The van der Waals surface area contributed by atoms with Gasteiger partial charge in [0.2, 0.25) is 0 Å². The van der Waals surface area contributed by atoms with Crippen molar-refractivity contribution in [2.75, 3.05) is 13.2 Å². The second-order valence-electron chi connectivity index (χ2n) is 3.57. The second-order valence-corrected chi connectivity index (χ2v) is 3.57. The van der Waals surface area contributed by atoms with Crippen LogP contribution in [0.15, 0.2) is 30.3 Å². The summed E-state index contributed by atoms with van der Waals surface area (Å²) in [6.07, 6.45) is -0.607. The molecule has 2 N–H and O–H groups in total. The van der Waals surface area contributed by atoms with Crippen LogP contribution >= 0.6 is 0 Å². The molecule has 1 aliphatic heterocycles. The van der Waals surface area contributed by atoms with Gasteiger partial charge in [0.25, 0.3) is 0 Å². The van der Waals surface area contributed by atoms with Gasteiger partial charge in [-0.25, -0.2) is 0 Å². The number of ether oxygens (including phenoxy) is 1. The van der Waals surface area contributed by atoms with Gasteiger partial charge in [-0.15, -0.1) is 0 Å². The first-order valence-corrected chi connectivity index (χ1v) is 4.78. The van der Waals surface area contributed by atoms with Crippen LogP contribution in [0.2, 0.25) is 0 Å². The Hall–Kier alpha value is -0.900. The number of rotatable bonds is 4. The third-order valence-electron chi connectivity index (χ3n) is 2.59. The van der Waals surface area contributed by atoms with Crippen molar-refractivity contribution in [3.05, 3.63) is 35.9 Å². The quantitative estimate of drug-likeness (QED) is 0.695. The van der Waals surface area contributed by atoms with E-state index in [2.05, 4.69) is 0 Å². The van der Waals surface area contributed by atoms with Gasteiger partial charge in [0.05, 0.1) is 25.4 Å². The Morgan fingerprint density at radius 2 is 2.00 bits per heavy atom. The molecule has 1 aromatic carbocycles. The van der Waals surface area contributed by atoms with Crippen LogP contribution in [0.5, 0.6) is 0 Å². The monoisotopic (exact) mass is 194 g/mol. The molecule has 0 bridgehead atoms. The fourth-order valence-corrected chi connectivity index (χ4v) is 1.62. The average molecular weight is 194 g/mol. The van der Waals surface area contributed by atoms with E-state index in [4.69, 9.17) is 9.84 Å². The molecule has 0 spiro atoms. The third-order valence-corrected chi connectivity index (χ3v) is 2.59. The molecule has 3 nitrogen and oxygen atoms in total. The summed E-state index contributed by atoms with van der Waals surface area (Å²) >= 11 is 0. The van der Waals surface area contributed by atoms with Crippen LogP contribution in [0.1, 0.15) is 11.7 Å².